The van der Waals surface area contributed by atoms with Crippen LogP contribution in [-0.4, -0.2) is 6.04 Å². The van der Waals surface area contributed by atoms with Crippen LogP contribution >= 0.6 is 0 Å². The SMILES string of the molecule is CC(N)C1=CC(C)(C)C1. The summed E-state index contributed by atoms with van der Waals surface area (Å²) in [5.41, 5.74) is 7.50. The molecule has 0 amide bonds. The molecule has 0 spiro atoms. The van der Waals surface area contributed by atoms with Crippen LogP contribution < -0.4 is 5.73 Å². The predicted molar refractivity (Wildman–Crippen MR) is 40.1 cm³/mol. The smallest absolute Gasteiger partial charge is 0.0225 e. The third kappa shape index (κ3) is 1.33. The molecule has 1 rings (SSSR count). The number of allylic oxidation sites excluding steroid dienone is 1. The van der Waals surface area contributed by atoms with E-state index in [1.165, 1.54) is 12.0 Å². The molecule has 0 bridgehead atoms. The quantitative estimate of drug-likeness (QED) is 0.530. The Morgan fingerprint density at radius 1 is 1.67 bits per heavy atom. The van der Waals surface area contributed by atoms with Gasteiger partial charge in [-0.3, -0.25) is 0 Å². The molecular weight excluding hydrogens is 110 g/mol. The number of rotatable bonds is 1. The molecule has 0 saturated carbocycles. The van der Waals surface area contributed by atoms with Gasteiger partial charge in [0, 0.05) is 6.04 Å². The van der Waals surface area contributed by atoms with Crippen molar-refractivity contribution >= 4 is 0 Å². The van der Waals surface area contributed by atoms with E-state index < -0.39 is 0 Å². The van der Waals surface area contributed by atoms with Crippen LogP contribution in [-0.2, 0) is 0 Å². The first-order valence-corrected chi connectivity index (χ1v) is 3.48. The summed E-state index contributed by atoms with van der Waals surface area (Å²) in [5, 5.41) is 0. The Labute approximate surface area is 56.9 Å². The van der Waals surface area contributed by atoms with E-state index in [2.05, 4.69) is 19.9 Å². The molecule has 0 aromatic rings. The van der Waals surface area contributed by atoms with Crippen molar-refractivity contribution in [2.75, 3.05) is 0 Å². The highest BCUT2D eigenvalue weighted by atomic mass is 14.6. The Hall–Kier alpha value is -0.300. The molecule has 52 valence electrons. The fraction of sp³-hybridized carbons (Fsp3) is 0.750. The monoisotopic (exact) mass is 125 g/mol. The van der Waals surface area contributed by atoms with Crippen LogP contribution in [0.4, 0.5) is 0 Å². The number of hydrogen-bond donors (Lipinski definition) is 1. The average Bonchev–Trinajstić information content (AvgIpc) is 1.59. The molecule has 1 atom stereocenters. The molecule has 1 heteroatoms. The third-order valence-electron chi connectivity index (χ3n) is 1.82. The molecule has 0 aliphatic heterocycles. The summed E-state index contributed by atoms with van der Waals surface area (Å²) in [5.74, 6) is 0. The molecule has 0 aromatic carbocycles. The highest BCUT2D eigenvalue weighted by Crippen LogP contribution is 2.38. The van der Waals surface area contributed by atoms with Gasteiger partial charge >= 0.3 is 0 Å². The normalized spacial score (nSPS) is 26.4. The molecule has 0 aromatic heterocycles. The molecule has 0 fully saturated rings. The summed E-state index contributed by atoms with van der Waals surface area (Å²) in [6.07, 6.45) is 3.46. The second kappa shape index (κ2) is 1.84. The van der Waals surface area contributed by atoms with Gasteiger partial charge in [-0.2, -0.15) is 0 Å². The van der Waals surface area contributed by atoms with Gasteiger partial charge in [-0.1, -0.05) is 25.5 Å². The van der Waals surface area contributed by atoms with Crippen LogP contribution in [0.15, 0.2) is 11.6 Å². The van der Waals surface area contributed by atoms with Gasteiger partial charge < -0.3 is 5.73 Å². The van der Waals surface area contributed by atoms with Crippen LogP contribution in [0.2, 0.25) is 0 Å². The fourth-order valence-corrected chi connectivity index (χ4v) is 1.29. The van der Waals surface area contributed by atoms with Gasteiger partial charge in [-0.05, 0) is 18.8 Å². The third-order valence-corrected chi connectivity index (χ3v) is 1.82. The van der Waals surface area contributed by atoms with E-state index in [4.69, 9.17) is 5.73 Å². The summed E-state index contributed by atoms with van der Waals surface area (Å²) in [6.45, 7) is 6.51. The topological polar surface area (TPSA) is 26.0 Å². The first-order valence-electron chi connectivity index (χ1n) is 3.48. The molecule has 0 saturated heterocycles. The molecule has 9 heavy (non-hydrogen) atoms. The van der Waals surface area contributed by atoms with Crippen LogP contribution in [0.3, 0.4) is 0 Å². The van der Waals surface area contributed by atoms with Gasteiger partial charge in [0.1, 0.15) is 0 Å². The molecule has 1 aliphatic rings. The lowest BCUT2D eigenvalue weighted by Gasteiger charge is -2.34. The Balaban J connectivity index is 2.54. The minimum absolute atomic E-state index is 0.276. The minimum Gasteiger partial charge on any atom is -0.324 e. The van der Waals surface area contributed by atoms with Crippen LogP contribution in [0.5, 0.6) is 0 Å². The van der Waals surface area contributed by atoms with Gasteiger partial charge in [-0.25, -0.2) is 0 Å². The van der Waals surface area contributed by atoms with E-state index in [1.807, 2.05) is 6.92 Å². The van der Waals surface area contributed by atoms with E-state index in [1.54, 1.807) is 0 Å². The maximum absolute atomic E-state index is 5.65. The van der Waals surface area contributed by atoms with Gasteiger partial charge in [0.2, 0.25) is 0 Å². The molecule has 2 N–H and O–H groups in total. The molecular formula is C8H15N. The minimum atomic E-state index is 0.276. The molecule has 1 aliphatic carbocycles. The highest BCUT2D eigenvalue weighted by Gasteiger charge is 2.27. The maximum atomic E-state index is 5.65. The first kappa shape index (κ1) is 6.81. The largest absolute Gasteiger partial charge is 0.324 e. The Morgan fingerprint density at radius 2 is 2.11 bits per heavy atom. The van der Waals surface area contributed by atoms with Gasteiger partial charge in [0.25, 0.3) is 0 Å². The van der Waals surface area contributed by atoms with Crippen molar-refractivity contribution in [3.8, 4) is 0 Å². The first-order chi connectivity index (χ1) is 4.01. The predicted octanol–water partition coefficient (Wildman–Crippen LogP) is 1.69. The number of hydrogen-bond acceptors (Lipinski definition) is 1. The van der Waals surface area contributed by atoms with Crippen molar-refractivity contribution in [1.82, 2.24) is 0 Å². The second-order valence-corrected chi connectivity index (χ2v) is 3.67. The summed E-state index contributed by atoms with van der Waals surface area (Å²) in [7, 11) is 0. The molecule has 1 nitrogen and oxygen atoms in total. The Kier molecular flexibility index (Phi) is 1.39. The zero-order chi connectivity index (χ0) is 7.07. The fourth-order valence-electron chi connectivity index (χ4n) is 1.29. The van der Waals surface area contributed by atoms with E-state index >= 15 is 0 Å². The van der Waals surface area contributed by atoms with Gasteiger partial charge in [0.05, 0.1) is 0 Å². The van der Waals surface area contributed by atoms with Crippen LogP contribution in [0.1, 0.15) is 27.2 Å². The lowest BCUT2D eigenvalue weighted by atomic mass is 9.72. The summed E-state index contributed by atoms with van der Waals surface area (Å²) in [4.78, 5) is 0. The van der Waals surface area contributed by atoms with Crippen molar-refractivity contribution < 1.29 is 0 Å². The maximum Gasteiger partial charge on any atom is 0.0225 e. The van der Waals surface area contributed by atoms with Crippen LogP contribution in [0, 0.1) is 5.41 Å². The van der Waals surface area contributed by atoms with E-state index in [0.717, 1.165) is 0 Å². The zero-order valence-corrected chi connectivity index (χ0v) is 6.44. The average molecular weight is 125 g/mol. The van der Waals surface area contributed by atoms with Crippen molar-refractivity contribution in [3.05, 3.63) is 11.6 Å². The summed E-state index contributed by atoms with van der Waals surface area (Å²) < 4.78 is 0. The van der Waals surface area contributed by atoms with Crippen LogP contribution in [0.25, 0.3) is 0 Å². The second-order valence-electron chi connectivity index (χ2n) is 3.67. The Bertz CT molecular complexity index is 143. The molecule has 0 heterocycles. The van der Waals surface area contributed by atoms with E-state index in [-0.39, 0.29) is 6.04 Å². The lowest BCUT2D eigenvalue weighted by molar-refractivity contribution is 0.401. The summed E-state index contributed by atoms with van der Waals surface area (Å²) >= 11 is 0. The van der Waals surface area contributed by atoms with Crippen molar-refractivity contribution in [2.45, 2.75) is 33.2 Å². The highest BCUT2D eigenvalue weighted by molar-refractivity contribution is 5.25. The van der Waals surface area contributed by atoms with Crippen molar-refractivity contribution in [1.29, 1.82) is 0 Å². The van der Waals surface area contributed by atoms with Gasteiger partial charge in [0.15, 0.2) is 0 Å². The standard InChI is InChI=1S/C8H15N/c1-6(9)7-4-8(2,3)5-7/h4,6H,5,9H2,1-3H3. The molecule has 0 radical (unpaired) electrons. The number of nitrogens with two attached hydrogens (primary N) is 1. The summed E-state index contributed by atoms with van der Waals surface area (Å²) in [6, 6.07) is 0.276. The van der Waals surface area contributed by atoms with Crippen molar-refractivity contribution in [2.24, 2.45) is 11.1 Å². The Morgan fingerprint density at radius 3 is 2.22 bits per heavy atom. The van der Waals surface area contributed by atoms with Crippen molar-refractivity contribution in [3.63, 3.8) is 0 Å². The van der Waals surface area contributed by atoms with E-state index in [0.29, 0.717) is 5.41 Å². The zero-order valence-electron chi connectivity index (χ0n) is 6.44. The molecule has 1 unspecified atom stereocenters. The van der Waals surface area contributed by atoms with Gasteiger partial charge in [-0.15, -0.1) is 0 Å². The van der Waals surface area contributed by atoms with E-state index in [9.17, 15) is 0 Å². The lowest BCUT2D eigenvalue weighted by Crippen LogP contribution is -2.30.